The SMILES string of the molecule is [C-]#[N+]c1cccc(C#N)c1Oc1ccccc1-n1c2ccccc2c2c3ccccc3n(-c3ccccc3)c21. The van der Waals surface area contributed by atoms with Gasteiger partial charge < -0.3 is 4.74 Å². The number of nitrogens with zero attached hydrogens (tertiary/aromatic N) is 4. The number of hydrogen-bond acceptors (Lipinski definition) is 2. The van der Waals surface area contributed by atoms with Crippen LogP contribution in [0.2, 0.25) is 0 Å². The fraction of sp³-hybridized carbons (Fsp3) is 0. The summed E-state index contributed by atoms with van der Waals surface area (Å²) in [5, 5.41) is 13.2. The summed E-state index contributed by atoms with van der Waals surface area (Å²) in [6, 6.07) is 42.2. The number of nitriles is 1. The van der Waals surface area contributed by atoms with Gasteiger partial charge >= 0.3 is 0 Å². The molecule has 0 bridgehead atoms. The second-order valence-electron chi connectivity index (χ2n) is 9.19. The summed E-state index contributed by atoms with van der Waals surface area (Å²) >= 11 is 0. The lowest BCUT2D eigenvalue weighted by Crippen LogP contribution is -2.03. The minimum atomic E-state index is 0.263. The minimum absolute atomic E-state index is 0.263. The van der Waals surface area contributed by atoms with E-state index in [2.05, 4.69) is 74.6 Å². The average Bonchev–Trinajstić information content (AvgIpc) is 3.50. The maximum Gasteiger partial charge on any atom is 0.230 e. The highest BCUT2D eigenvalue weighted by Crippen LogP contribution is 2.43. The largest absolute Gasteiger partial charge is 0.465 e. The first-order chi connectivity index (χ1) is 19.3. The van der Waals surface area contributed by atoms with Crippen molar-refractivity contribution < 1.29 is 4.74 Å². The van der Waals surface area contributed by atoms with E-state index >= 15 is 0 Å². The summed E-state index contributed by atoms with van der Waals surface area (Å²) in [6.45, 7) is 7.64. The highest BCUT2D eigenvalue weighted by Gasteiger charge is 2.23. The predicted molar refractivity (Wildman–Crippen MR) is 155 cm³/mol. The fourth-order valence-electron chi connectivity index (χ4n) is 5.43. The molecule has 2 heterocycles. The Labute approximate surface area is 224 Å². The van der Waals surface area contributed by atoms with Crippen LogP contribution in [0.1, 0.15) is 5.56 Å². The molecule has 7 rings (SSSR count). The van der Waals surface area contributed by atoms with Crippen molar-refractivity contribution in [2.45, 2.75) is 0 Å². The summed E-state index contributed by atoms with van der Waals surface area (Å²) in [7, 11) is 0. The van der Waals surface area contributed by atoms with Gasteiger partial charge in [0, 0.05) is 21.8 Å². The van der Waals surface area contributed by atoms with E-state index in [1.807, 2.05) is 48.5 Å². The summed E-state index contributed by atoms with van der Waals surface area (Å²) in [5.41, 5.74) is 5.64. The molecule has 0 unspecified atom stereocenters. The van der Waals surface area contributed by atoms with E-state index in [0.717, 1.165) is 44.2 Å². The summed E-state index contributed by atoms with van der Waals surface area (Å²) in [5.74, 6) is 0.816. The maximum absolute atomic E-state index is 9.75. The van der Waals surface area contributed by atoms with Gasteiger partial charge in [0.2, 0.25) is 5.69 Å². The van der Waals surface area contributed by atoms with Crippen LogP contribution in [0.3, 0.4) is 0 Å². The lowest BCUT2D eigenvalue weighted by molar-refractivity contribution is 0.482. The van der Waals surface area contributed by atoms with Crippen molar-refractivity contribution in [1.29, 1.82) is 5.26 Å². The standard InChI is InChI=1S/C34H20N4O/c1-36-27-17-11-12-23(22-35)33(27)39-31-21-10-9-20-30(31)38-29-19-8-6-16-26(29)32-25-15-5-7-18-28(25)37(34(32)38)24-13-3-2-4-14-24/h2-21H. The van der Waals surface area contributed by atoms with Crippen molar-refractivity contribution in [3.8, 4) is 28.9 Å². The molecule has 0 radical (unpaired) electrons. The summed E-state index contributed by atoms with van der Waals surface area (Å²) in [4.78, 5) is 3.61. The van der Waals surface area contributed by atoms with Gasteiger partial charge in [0.1, 0.15) is 17.5 Å². The second-order valence-corrected chi connectivity index (χ2v) is 9.19. The van der Waals surface area contributed by atoms with Crippen LogP contribution < -0.4 is 4.74 Å². The molecule has 0 amide bonds. The number of para-hydroxylation sites is 6. The molecule has 39 heavy (non-hydrogen) atoms. The molecular weight excluding hydrogens is 480 g/mol. The highest BCUT2D eigenvalue weighted by molar-refractivity contribution is 6.22. The first-order valence-corrected chi connectivity index (χ1v) is 12.6. The Morgan fingerprint density at radius 3 is 2.03 bits per heavy atom. The van der Waals surface area contributed by atoms with Gasteiger partial charge in [0.25, 0.3) is 0 Å². The Morgan fingerprint density at radius 2 is 1.31 bits per heavy atom. The van der Waals surface area contributed by atoms with Crippen molar-refractivity contribution in [3.05, 3.63) is 138 Å². The van der Waals surface area contributed by atoms with Gasteiger partial charge in [-0.2, -0.15) is 5.26 Å². The third-order valence-electron chi connectivity index (χ3n) is 7.04. The zero-order valence-corrected chi connectivity index (χ0v) is 20.7. The lowest BCUT2D eigenvalue weighted by Gasteiger charge is -2.17. The van der Waals surface area contributed by atoms with Crippen LogP contribution >= 0.6 is 0 Å². The average molecular weight is 501 g/mol. The molecule has 5 aromatic carbocycles. The molecule has 0 spiro atoms. The number of hydrogen-bond donors (Lipinski definition) is 0. The van der Waals surface area contributed by atoms with Crippen LogP contribution in [0, 0.1) is 17.9 Å². The van der Waals surface area contributed by atoms with Crippen LogP contribution in [-0.4, -0.2) is 9.13 Å². The van der Waals surface area contributed by atoms with Gasteiger partial charge in [-0.3, -0.25) is 9.13 Å². The molecule has 7 aromatic rings. The van der Waals surface area contributed by atoms with Gasteiger partial charge in [-0.05, 0) is 42.5 Å². The second kappa shape index (κ2) is 8.95. The van der Waals surface area contributed by atoms with Gasteiger partial charge in [0.15, 0.2) is 5.75 Å². The molecule has 0 N–H and O–H groups in total. The fourth-order valence-corrected chi connectivity index (χ4v) is 5.43. The Morgan fingerprint density at radius 1 is 0.667 bits per heavy atom. The van der Waals surface area contributed by atoms with Crippen LogP contribution in [0.5, 0.6) is 11.5 Å². The quantitative estimate of drug-likeness (QED) is 0.227. The Hall–Kier alpha value is -5.78. The summed E-state index contributed by atoms with van der Waals surface area (Å²) in [6.07, 6.45) is 0. The molecule has 0 saturated carbocycles. The molecule has 2 aromatic heterocycles. The maximum atomic E-state index is 9.75. The topological polar surface area (TPSA) is 47.2 Å². The third kappa shape index (κ3) is 3.39. The molecule has 5 nitrogen and oxygen atoms in total. The normalized spacial score (nSPS) is 11.0. The first kappa shape index (κ1) is 22.4. The number of rotatable bonds is 4. The molecule has 0 saturated heterocycles. The van der Waals surface area contributed by atoms with Crippen molar-refractivity contribution >= 4 is 38.5 Å². The van der Waals surface area contributed by atoms with E-state index in [1.165, 1.54) is 0 Å². The third-order valence-corrected chi connectivity index (χ3v) is 7.04. The molecule has 0 aliphatic heterocycles. The zero-order chi connectivity index (χ0) is 26.3. The predicted octanol–water partition coefficient (Wildman–Crippen LogP) is 8.94. The minimum Gasteiger partial charge on any atom is -0.465 e. The van der Waals surface area contributed by atoms with Gasteiger partial charge in [-0.15, -0.1) is 0 Å². The Kier molecular flexibility index (Phi) is 5.15. The number of fused-ring (bicyclic) bond motifs is 5. The van der Waals surface area contributed by atoms with E-state index in [9.17, 15) is 5.26 Å². The van der Waals surface area contributed by atoms with Gasteiger partial charge in [-0.1, -0.05) is 78.9 Å². The number of ether oxygens (including phenoxy) is 1. The lowest BCUT2D eigenvalue weighted by atomic mass is 10.1. The van der Waals surface area contributed by atoms with Crippen molar-refractivity contribution in [1.82, 2.24) is 9.13 Å². The van der Waals surface area contributed by atoms with E-state index in [4.69, 9.17) is 11.3 Å². The smallest absolute Gasteiger partial charge is 0.230 e. The van der Waals surface area contributed by atoms with E-state index in [0.29, 0.717) is 17.0 Å². The molecule has 0 fully saturated rings. The van der Waals surface area contributed by atoms with Crippen LogP contribution in [0.15, 0.2) is 121 Å². The van der Waals surface area contributed by atoms with Crippen LogP contribution in [0.25, 0.3) is 49.1 Å². The molecule has 0 aliphatic rings. The van der Waals surface area contributed by atoms with Crippen LogP contribution in [-0.2, 0) is 0 Å². The zero-order valence-electron chi connectivity index (χ0n) is 20.7. The van der Waals surface area contributed by atoms with Crippen molar-refractivity contribution in [2.24, 2.45) is 0 Å². The molecule has 0 aliphatic carbocycles. The Bertz CT molecular complexity index is 2090. The van der Waals surface area contributed by atoms with Gasteiger partial charge in [-0.25, -0.2) is 4.85 Å². The molecular formula is C34H20N4O. The number of aromatic nitrogens is 2. The molecule has 5 heteroatoms. The van der Waals surface area contributed by atoms with Gasteiger partial charge in [0.05, 0.1) is 28.9 Å². The first-order valence-electron chi connectivity index (χ1n) is 12.6. The van der Waals surface area contributed by atoms with Crippen molar-refractivity contribution in [3.63, 3.8) is 0 Å². The van der Waals surface area contributed by atoms with E-state index < -0.39 is 0 Å². The van der Waals surface area contributed by atoms with E-state index in [1.54, 1.807) is 18.2 Å². The van der Waals surface area contributed by atoms with Crippen LogP contribution in [0.4, 0.5) is 5.69 Å². The molecule has 0 atom stereocenters. The number of benzene rings is 5. The monoisotopic (exact) mass is 500 g/mol. The molecule has 182 valence electrons. The highest BCUT2D eigenvalue weighted by atomic mass is 16.5. The van der Waals surface area contributed by atoms with E-state index in [-0.39, 0.29) is 5.75 Å². The van der Waals surface area contributed by atoms with Crippen molar-refractivity contribution in [2.75, 3.05) is 0 Å². The Balaban J connectivity index is 1.60. The summed E-state index contributed by atoms with van der Waals surface area (Å²) < 4.78 is 10.9.